The summed E-state index contributed by atoms with van der Waals surface area (Å²) in [4.78, 5) is 22.1. The van der Waals surface area contributed by atoms with Crippen LogP contribution in [-0.4, -0.2) is 42.5 Å². The van der Waals surface area contributed by atoms with E-state index in [1.54, 1.807) is 7.11 Å². The molecule has 2 aromatic carbocycles. The van der Waals surface area contributed by atoms with E-state index in [-0.39, 0.29) is 5.91 Å². The lowest BCUT2D eigenvalue weighted by molar-refractivity contribution is 0.0761. The van der Waals surface area contributed by atoms with Gasteiger partial charge in [0, 0.05) is 42.3 Å². The minimum absolute atomic E-state index is 0.154. The summed E-state index contributed by atoms with van der Waals surface area (Å²) in [6, 6.07) is 16.3. The molecule has 0 bridgehead atoms. The fourth-order valence-electron chi connectivity index (χ4n) is 4.56. The molecule has 154 valence electrons. The van der Waals surface area contributed by atoms with Crippen molar-refractivity contribution in [3.8, 4) is 5.75 Å². The summed E-state index contributed by atoms with van der Waals surface area (Å²) >= 11 is 0. The zero-order valence-corrected chi connectivity index (χ0v) is 17.4. The molecule has 1 saturated heterocycles. The summed E-state index contributed by atoms with van der Waals surface area (Å²) in [6.07, 6.45) is 5.64. The molecule has 0 aliphatic carbocycles. The molecule has 5 nitrogen and oxygen atoms in total. The van der Waals surface area contributed by atoms with Gasteiger partial charge in [0.25, 0.3) is 5.91 Å². The van der Waals surface area contributed by atoms with Crippen LogP contribution >= 0.6 is 0 Å². The van der Waals surface area contributed by atoms with Crippen LogP contribution in [0.15, 0.2) is 48.5 Å². The van der Waals surface area contributed by atoms with Gasteiger partial charge in [-0.25, -0.2) is 4.98 Å². The van der Waals surface area contributed by atoms with E-state index in [0.29, 0.717) is 0 Å². The number of pyridine rings is 1. The normalized spacial score (nSPS) is 16.4. The molecule has 0 saturated carbocycles. The highest BCUT2D eigenvalue weighted by Gasteiger charge is 2.24. The largest absolute Gasteiger partial charge is 0.497 e. The number of fused-ring (bicyclic) bond motifs is 2. The summed E-state index contributed by atoms with van der Waals surface area (Å²) in [6.45, 7) is 2.65. The van der Waals surface area contributed by atoms with E-state index in [0.717, 1.165) is 72.6 Å². The number of methoxy groups -OCH3 is 1. The Morgan fingerprint density at radius 2 is 1.70 bits per heavy atom. The van der Waals surface area contributed by atoms with Crippen molar-refractivity contribution in [2.24, 2.45) is 0 Å². The molecular weight excluding hydrogens is 374 g/mol. The average Bonchev–Trinajstić information content (AvgIpc) is 3.00. The van der Waals surface area contributed by atoms with Gasteiger partial charge in [-0.05, 0) is 67.3 Å². The van der Waals surface area contributed by atoms with Crippen molar-refractivity contribution in [2.75, 3.05) is 31.6 Å². The molecular formula is C25H27N3O2. The van der Waals surface area contributed by atoms with Crippen molar-refractivity contribution in [3.63, 3.8) is 0 Å². The molecule has 3 aromatic rings. The molecule has 0 N–H and O–H groups in total. The number of nitrogens with zero attached hydrogens (tertiary/aromatic N) is 3. The number of benzene rings is 2. The summed E-state index contributed by atoms with van der Waals surface area (Å²) in [5, 5.41) is 1.13. The number of hydrogen-bond acceptors (Lipinski definition) is 4. The Labute approximate surface area is 177 Å². The monoisotopic (exact) mass is 401 g/mol. The predicted octanol–water partition coefficient (Wildman–Crippen LogP) is 4.95. The van der Waals surface area contributed by atoms with Gasteiger partial charge in [-0.1, -0.05) is 12.8 Å². The molecule has 5 rings (SSSR count). The maximum atomic E-state index is 12.9. The SMILES string of the molecule is COc1ccc2cc3c(nc2c1)N(c1ccc(C(=O)N2CCCCCC2)cc1)CC3. The van der Waals surface area contributed by atoms with Crippen LogP contribution in [0.5, 0.6) is 5.75 Å². The Bertz CT molecular complexity index is 1070. The lowest BCUT2D eigenvalue weighted by Crippen LogP contribution is -2.31. The highest BCUT2D eigenvalue weighted by molar-refractivity contribution is 5.95. The van der Waals surface area contributed by atoms with E-state index in [1.165, 1.54) is 18.4 Å². The Balaban J connectivity index is 1.40. The quantitative estimate of drug-likeness (QED) is 0.623. The Morgan fingerprint density at radius 3 is 2.43 bits per heavy atom. The third-order valence-electron chi connectivity index (χ3n) is 6.26. The zero-order chi connectivity index (χ0) is 20.5. The second-order valence-electron chi connectivity index (χ2n) is 8.18. The van der Waals surface area contributed by atoms with Crippen molar-refractivity contribution >= 4 is 28.3 Å². The van der Waals surface area contributed by atoms with Gasteiger partial charge in [0.05, 0.1) is 12.6 Å². The zero-order valence-electron chi connectivity index (χ0n) is 17.4. The number of anilines is 2. The minimum Gasteiger partial charge on any atom is -0.497 e. The van der Waals surface area contributed by atoms with Gasteiger partial charge >= 0.3 is 0 Å². The first kappa shape index (κ1) is 18.9. The average molecular weight is 402 g/mol. The molecule has 5 heteroatoms. The highest BCUT2D eigenvalue weighted by Crippen LogP contribution is 2.35. The number of amides is 1. The van der Waals surface area contributed by atoms with Gasteiger partial charge < -0.3 is 14.5 Å². The topological polar surface area (TPSA) is 45.7 Å². The van der Waals surface area contributed by atoms with Crippen LogP contribution < -0.4 is 9.64 Å². The molecule has 0 atom stereocenters. The van der Waals surface area contributed by atoms with E-state index < -0.39 is 0 Å². The van der Waals surface area contributed by atoms with E-state index in [4.69, 9.17) is 9.72 Å². The first-order valence-electron chi connectivity index (χ1n) is 10.9. The second kappa shape index (κ2) is 7.98. The van der Waals surface area contributed by atoms with Crippen LogP contribution in [0.2, 0.25) is 0 Å². The van der Waals surface area contributed by atoms with Gasteiger partial charge in [-0.2, -0.15) is 0 Å². The van der Waals surface area contributed by atoms with Crippen LogP contribution in [0.1, 0.15) is 41.6 Å². The number of carbonyl (C=O) groups is 1. The van der Waals surface area contributed by atoms with Crippen molar-refractivity contribution < 1.29 is 9.53 Å². The molecule has 1 aromatic heterocycles. The van der Waals surface area contributed by atoms with E-state index in [9.17, 15) is 4.79 Å². The van der Waals surface area contributed by atoms with Gasteiger partial charge in [-0.15, -0.1) is 0 Å². The van der Waals surface area contributed by atoms with E-state index in [2.05, 4.69) is 29.2 Å². The summed E-state index contributed by atoms with van der Waals surface area (Å²) in [5.41, 5.74) is 4.05. The Kier molecular flexibility index (Phi) is 5.03. The van der Waals surface area contributed by atoms with Crippen molar-refractivity contribution in [2.45, 2.75) is 32.1 Å². The second-order valence-corrected chi connectivity index (χ2v) is 8.18. The number of ether oxygens (including phenoxy) is 1. The number of aromatic nitrogens is 1. The Hall–Kier alpha value is -3.08. The first-order chi connectivity index (χ1) is 14.7. The first-order valence-corrected chi connectivity index (χ1v) is 10.9. The number of likely N-dealkylation sites (tertiary alicyclic amines) is 1. The lowest BCUT2D eigenvalue weighted by Gasteiger charge is -2.22. The maximum Gasteiger partial charge on any atom is 0.253 e. The molecule has 0 spiro atoms. The van der Waals surface area contributed by atoms with Crippen molar-refractivity contribution in [3.05, 3.63) is 59.7 Å². The summed E-state index contributed by atoms with van der Waals surface area (Å²) in [5.74, 6) is 1.97. The summed E-state index contributed by atoms with van der Waals surface area (Å²) in [7, 11) is 1.68. The fourth-order valence-corrected chi connectivity index (χ4v) is 4.56. The molecule has 0 unspecified atom stereocenters. The van der Waals surface area contributed by atoms with Gasteiger partial charge in [-0.3, -0.25) is 4.79 Å². The predicted molar refractivity (Wildman–Crippen MR) is 120 cm³/mol. The molecule has 30 heavy (non-hydrogen) atoms. The molecule has 1 fully saturated rings. The maximum absolute atomic E-state index is 12.9. The molecule has 2 aliphatic rings. The standard InChI is InChI=1S/C25H27N3O2/c1-30-22-11-8-19-16-20-12-15-28(24(20)26-23(19)17-22)21-9-6-18(7-10-21)25(29)27-13-4-2-3-5-14-27/h6-11,16-17H,2-5,12-15H2,1H3. The third kappa shape index (κ3) is 3.49. The lowest BCUT2D eigenvalue weighted by atomic mass is 10.1. The highest BCUT2D eigenvalue weighted by atomic mass is 16.5. The Morgan fingerprint density at radius 1 is 0.933 bits per heavy atom. The van der Waals surface area contributed by atoms with Crippen LogP contribution in [-0.2, 0) is 6.42 Å². The van der Waals surface area contributed by atoms with Crippen LogP contribution in [0, 0.1) is 0 Å². The minimum atomic E-state index is 0.154. The van der Waals surface area contributed by atoms with Crippen LogP contribution in [0.3, 0.4) is 0 Å². The fraction of sp³-hybridized carbons (Fsp3) is 0.360. The van der Waals surface area contributed by atoms with Crippen molar-refractivity contribution in [1.82, 2.24) is 9.88 Å². The molecule has 3 heterocycles. The van der Waals surface area contributed by atoms with Gasteiger partial charge in [0.2, 0.25) is 0 Å². The summed E-state index contributed by atoms with van der Waals surface area (Å²) < 4.78 is 5.36. The molecule has 2 aliphatic heterocycles. The van der Waals surface area contributed by atoms with Crippen LogP contribution in [0.4, 0.5) is 11.5 Å². The van der Waals surface area contributed by atoms with Crippen molar-refractivity contribution in [1.29, 1.82) is 0 Å². The third-order valence-corrected chi connectivity index (χ3v) is 6.26. The van der Waals surface area contributed by atoms with Crippen LogP contribution in [0.25, 0.3) is 10.9 Å². The smallest absolute Gasteiger partial charge is 0.253 e. The molecule has 0 radical (unpaired) electrons. The van der Waals surface area contributed by atoms with E-state index in [1.807, 2.05) is 29.2 Å². The number of carbonyl (C=O) groups excluding carboxylic acids is 1. The number of rotatable bonds is 3. The number of hydrogen-bond donors (Lipinski definition) is 0. The van der Waals surface area contributed by atoms with Gasteiger partial charge in [0.15, 0.2) is 0 Å². The van der Waals surface area contributed by atoms with Gasteiger partial charge in [0.1, 0.15) is 11.6 Å². The molecule has 1 amide bonds. The van der Waals surface area contributed by atoms with E-state index >= 15 is 0 Å².